The normalized spacial score (nSPS) is 25.4. The van der Waals surface area contributed by atoms with E-state index in [1.807, 2.05) is 0 Å². The van der Waals surface area contributed by atoms with Crippen LogP contribution in [0.5, 0.6) is 0 Å². The number of rotatable bonds is 5. The van der Waals surface area contributed by atoms with Crippen LogP contribution in [0.4, 0.5) is 13.2 Å². The predicted molar refractivity (Wildman–Crippen MR) is 108 cm³/mol. The number of fused-ring (bicyclic) bond motifs is 2. The van der Waals surface area contributed by atoms with Gasteiger partial charge in [-0.25, -0.2) is 21.6 Å². The number of carbonyl (C=O) groups excluding carboxylic acids is 1. The molecule has 0 radical (unpaired) electrons. The summed E-state index contributed by atoms with van der Waals surface area (Å²) < 4.78 is 64.5. The summed E-state index contributed by atoms with van der Waals surface area (Å²) in [5, 5.41) is 0. The second-order valence-corrected chi connectivity index (χ2v) is 12.3. The van der Waals surface area contributed by atoms with Crippen molar-refractivity contribution in [1.82, 2.24) is 4.90 Å². The van der Waals surface area contributed by atoms with E-state index in [2.05, 4.69) is 0 Å². The Kier molecular flexibility index (Phi) is 6.26. The van der Waals surface area contributed by atoms with Gasteiger partial charge in [-0.05, 0) is 70.4 Å². The third kappa shape index (κ3) is 4.51. The molecular formula is C21H29F3N2O3S. The molecule has 2 bridgehead atoms. The number of halogens is 3. The van der Waals surface area contributed by atoms with Crippen LogP contribution < -0.4 is 5.73 Å². The fraction of sp³-hybridized carbons (Fsp3) is 0.667. The molecule has 30 heavy (non-hydrogen) atoms. The Balaban J connectivity index is 1.67. The number of hydrogen-bond acceptors (Lipinski definition) is 4. The first kappa shape index (κ1) is 23.1. The van der Waals surface area contributed by atoms with E-state index in [0.717, 1.165) is 18.9 Å². The van der Waals surface area contributed by atoms with Crippen LogP contribution >= 0.6 is 0 Å². The quantitative estimate of drug-likeness (QED) is 0.706. The Morgan fingerprint density at radius 2 is 1.63 bits per heavy atom. The lowest BCUT2D eigenvalue weighted by Crippen LogP contribution is -2.52. The first-order valence-electron chi connectivity index (χ1n) is 10.2. The highest BCUT2D eigenvalue weighted by Crippen LogP contribution is 2.40. The van der Waals surface area contributed by atoms with Crippen molar-refractivity contribution in [2.75, 3.05) is 5.75 Å². The molecule has 3 rings (SSSR count). The largest absolute Gasteiger partial charge is 0.336 e. The van der Waals surface area contributed by atoms with Crippen LogP contribution in [0.2, 0.25) is 0 Å². The Morgan fingerprint density at radius 3 is 2.17 bits per heavy atom. The van der Waals surface area contributed by atoms with Crippen LogP contribution in [-0.4, -0.2) is 47.9 Å². The third-order valence-electron chi connectivity index (χ3n) is 6.45. The lowest BCUT2D eigenvalue weighted by atomic mass is 9.82. The number of piperidine rings is 1. The predicted octanol–water partition coefficient (Wildman–Crippen LogP) is 2.96. The van der Waals surface area contributed by atoms with Gasteiger partial charge >= 0.3 is 0 Å². The molecule has 0 spiro atoms. The summed E-state index contributed by atoms with van der Waals surface area (Å²) in [5.41, 5.74) is 6.32. The first-order chi connectivity index (χ1) is 13.8. The molecule has 2 aliphatic heterocycles. The minimum atomic E-state index is -3.57. The summed E-state index contributed by atoms with van der Waals surface area (Å²) in [6, 6.07) is 0.699. The Hall–Kier alpha value is -1.61. The van der Waals surface area contributed by atoms with E-state index < -0.39 is 43.8 Å². The molecule has 1 amide bonds. The molecule has 1 aromatic rings. The van der Waals surface area contributed by atoms with Gasteiger partial charge in [-0.3, -0.25) is 4.79 Å². The molecule has 5 nitrogen and oxygen atoms in total. The van der Waals surface area contributed by atoms with Gasteiger partial charge in [0.05, 0.1) is 4.75 Å². The maximum absolute atomic E-state index is 14.0. The van der Waals surface area contributed by atoms with Crippen molar-refractivity contribution in [2.45, 2.75) is 75.7 Å². The lowest BCUT2D eigenvalue weighted by Gasteiger charge is -2.41. The molecule has 2 heterocycles. The monoisotopic (exact) mass is 446 g/mol. The van der Waals surface area contributed by atoms with Gasteiger partial charge in [-0.2, -0.15) is 0 Å². The van der Waals surface area contributed by atoms with E-state index in [0.29, 0.717) is 18.9 Å². The summed E-state index contributed by atoms with van der Waals surface area (Å²) in [5.74, 6) is -4.08. The Bertz CT molecular complexity index is 916. The van der Waals surface area contributed by atoms with E-state index in [1.54, 1.807) is 25.7 Å². The summed E-state index contributed by atoms with van der Waals surface area (Å²) in [6.07, 6.45) is 2.79. The maximum Gasteiger partial charge on any atom is 0.238 e. The zero-order chi connectivity index (χ0) is 22.4. The van der Waals surface area contributed by atoms with Crippen LogP contribution in [0.3, 0.4) is 0 Å². The maximum atomic E-state index is 14.0. The van der Waals surface area contributed by atoms with E-state index in [9.17, 15) is 26.4 Å². The van der Waals surface area contributed by atoms with Crippen LogP contribution in [0, 0.1) is 23.4 Å². The van der Waals surface area contributed by atoms with Crippen LogP contribution in [-0.2, 0) is 21.1 Å². The standard InChI is InChI=1S/C21H29F3N2O3S/c1-21(2,3)30(28,29)11-20(27)26-14-4-5-15(26)7-13(6-14)19(25)9-12-8-17(23)18(24)10-16(12)22/h8,10,13-15,19H,4-7,9,11,25H2,1-3H3/t13?,14-,15+,19?. The van der Waals surface area contributed by atoms with E-state index in [4.69, 9.17) is 5.73 Å². The highest BCUT2D eigenvalue weighted by Gasteiger charge is 2.46. The SMILES string of the molecule is CC(C)(C)S(=O)(=O)CC(=O)N1[C@@H]2CC[C@H]1CC(C(N)Cc1cc(F)c(F)cc1F)C2. The van der Waals surface area contributed by atoms with Crippen molar-refractivity contribution in [1.29, 1.82) is 0 Å². The van der Waals surface area contributed by atoms with Crippen molar-refractivity contribution in [3.05, 3.63) is 35.1 Å². The van der Waals surface area contributed by atoms with Crippen LogP contribution in [0.1, 0.15) is 52.0 Å². The van der Waals surface area contributed by atoms with E-state index >= 15 is 0 Å². The highest BCUT2D eigenvalue weighted by molar-refractivity contribution is 7.93. The summed E-state index contributed by atoms with van der Waals surface area (Å²) in [7, 11) is -3.57. The molecule has 2 aliphatic rings. The Labute approximate surface area is 175 Å². The molecule has 9 heteroatoms. The second kappa shape index (κ2) is 8.15. The number of sulfone groups is 1. The first-order valence-corrected chi connectivity index (χ1v) is 11.9. The molecule has 4 atom stereocenters. The van der Waals surface area contributed by atoms with Crippen molar-refractivity contribution < 1.29 is 26.4 Å². The number of benzene rings is 1. The Morgan fingerprint density at radius 1 is 1.10 bits per heavy atom. The molecular weight excluding hydrogens is 417 g/mol. The van der Waals surface area contributed by atoms with Crippen LogP contribution in [0.25, 0.3) is 0 Å². The zero-order valence-electron chi connectivity index (χ0n) is 17.5. The second-order valence-electron chi connectivity index (χ2n) is 9.51. The fourth-order valence-electron chi connectivity index (χ4n) is 4.57. The lowest BCUT2D eigenvalue weighted by molar-refractivity contribution is -0.133. The number of hydrogen-bond donors (Lipinski definition) is 1. The summed E-state index contributed by atoms with van der Waals surface area (Å²) >= 11 is 0. The molecule has 0 aliphatic carbocycles. The molecule has 168 valence electrons. The fourth-order valence-corrected chi connectivity index (χ4v) is 5.48. The number of nitrogens with zero attached hydrogens (tertiary/aromatic N) is 1. The van der Waals surface area contributed by atoms with Gasteiger partial charge in [-0.15, -0.1) is 0 Å². The molecule has 1 aromatic carbocycles. The van der Waals surface area contributed by atoms with Crippen molar-refractivity contribution in [3.63, 3.8) is 0 Å². The van der Waals surface area contributed by atoms with Gasteiger partial charge in [-0.1, -0.05) is 0 Å². The average molecular weight is 447 g/mol. The minimum Gasteiger partial charge on any atom is -0.336 e. The van der Waals surface area contributed by atoms with Gasteiger partial charge in [0.25, 0.3) is 0 Å². The van der Waals surface area contributed by atoms with Gasteiger partial charge in [0.2, 0.25) is 5.91 Å². The molecule has 2 N–H and O–H groups in total. The van der Waals surface area contributed by atoms with Gasteiger partial charge in [0, 0.05) is 24.2 Å². The van der Waals surface area contributed by atoms with Crippen molar-refractivity contribution >= 4 is 15.7 Å². The molecule has 0 saturated carbocycles. The van der Waals surface area contributed by atoms with E-state index in [1.165, 1.54) is 0 Å². The van der Waals surface area contributed by atoms with Gasteiger partial charge < -0.3 is 10.6 Å². The summed E-state index contributed by atoms with van der Waals surface area (Å²) in [6.45, 7) is 4.73. The summed E-state index contributed by atoms with van der Waals surface area (Å²) in [4.78, 5) is 14.5. The third-order valence-corrected chi connectivity index (χ3v) is 8.95. The number of nitrogens with two attached hydrogens (primary N) is 1. The molecule has 2 fully saturated rings. The number of carbonyl (C=O) groups is 1. The van der Waals surface area contributed by atoms with Gasteiger partial charge in [0.15, 0.2) is 21.5 Å². The van der Waals surface area contributed by atoms with Crippen LogP contribution in [0.15, 0.2) is 12.1 Å². The molecule has 0 aromatic heterocycles. The van der Waals surface area contributed by atoms with Crippen molar-refractivity contribution in [3.8, 4) is 0 Å². The molecule has 2 saturated heterocycles. The molecule has 2 unspecified atom stereocenters. The highest BCUT2D eigenvalue weighted by atomic mass is 32.2. The number of amides is 1. The van der Waals surface area contributed by atoms with Crippen molar-refractivity contribution in [2.24, 2.45) is 11.7 Å². The minimum absolute atomic E-state index is 0.0155. The van der Waals surface area contributed by atoms with Gasteiger partial charge in [0.1, 0.15) is 11.6 Å². The topological polar surface area (TPSA) is 80.5 Å². The average Bonchev–Trinajstić information content (AvgIpc) is 2.88. The zero-order valence-corrected chi connectivity index (χ0v) is 18.3. The van der Waals surface area contributed by atoms with E-state index in [-0.39, 0.29) is 35.9 Å². The smallest absolute Gasteiger partial charge is 0.238 e.